The summed E-state index contributed by atoms with van der Waals surface area (Å²) < 4.78 is 15.7. The molecule has 0 atom stereocenters. The first-order valence-electron chi connectivity index (χ1n) is 9.50. The Bertz CT molecular complexity index is 994. The van der Waals surface area contributed by atoms with Crippen LogP contribution in [0.15, 0.2) is 36.5 Å². The van der Waals surface area contributed by atoms with E-state index in [0.29, 0.717) is 12.1 Å². The second-order valence-electron chi connectivity index (χ2n) is 7.49. The van der Waals surface area contributed by atoms with E-state index in [1.807, 2.05) is 43.7 Å². The van der Waals surface area contributed by atoms with Gasteiger partial charge in [0.05, 0.1) is 17.8 Å². The van der Waals surface area contributed by atoms with Gasteiger partial charge in [-0.2, -0.15) is 0 Å². The molecule has 0 fully saturated rings. The summed E-state index contributed by atoms with van der Waals surface area (Å²) >= 11 is 0. The van der Waals surface area contributed by atoms with E-state index in [1.165, 1.54) is 6.07 Å². The van der Waals surface area contributed by atoms with Crippen molar-refractivity contribution in [3.8, 4) is 11.3 Å². The summed E-state index contributed by atoms with van der Waals surface area (Å²) in [6.45, 7) is 5.30. The lowest BCUT2D eigenvalue weighted by Gasteiger charge is -2.11. The molecule has 0 aliphatic rings. The number of nitrogens with zero attached hydrogens (tertiary/aromatic N) is 3. The summed E-state index contributed by atoms with van der Waals surface area (Å²) in [6, 6.07) is 8.88. The van der Waals surface area contributed by atoms with Crippen molar-refractivity contribution in [2.75, 3.05) is 27.2 Å². The fourth-order valence-corrected chi connectivity index (χ4v) is 3.23. The highest BCUT2D eigenvalue weighted by Crippen LogP contribution is 2.27. The van der Waals surface area contributed by atoms with Crippen LogP contribution in [0.4, 0.5) is 4.39 Å². The summed E-state index contributed by atoms with van der Waals surface area (Å²) in [5, 5.41) is 2.99. The molecule has 0 radical (unpaired) electrons. The third kappa shape index (κ3) is 4.57. The molecule has 0 saturated carbocycles. The first-order chi connectivity index (χ1) is 13.3. The van der Waals surface area contributed by atoms with E-state index in [0.717, 1.165) is 41.1 Å². The molecule has 0 spiro atoms. The van der Waals surface area contributed by atoms with E-state index >= 15 is 0 Å². The molecule has 5 nitrogen and oxygen atoms in total. The molecule has 0 aliphatic carbocycles. The molecule has 3 aromatic rings. The number of amides is 1. The lowest BCUT2D eigenvalue weighted by molar-refractivity contribution is -0.120. The number of hydrogen-bond acceptors (Lipinski definition) is 3. The van der Waals surface area contributed by atoms with Crippen LogP contribution in [0.1, 0.15) is 23.2 Å². The van der Waals surface area contributed by atoms with Crippen molar-refractivity contribution >= 4 is 11.6 Å². The van der Waals surface area contributed by atoms with Crippen LogP contribution < -0.4 is 5.32 Å². The van der Waals surface area contributed by atoms with Gasteiger partial charge >= 0.3 is 0 Å². The fourth-order valence-electron chi connectivity index (χ4n) is 3.23. The minimum absolute atomic E-state index is 0.0397. The van der Waals surface area contributed by atoms with Gasteiger partial charge in [-0.25, -0.2) is 9.37 Å². The number of rotatable bonds is 7. The van der Waals surface area contributed by atoms with Crippen molar-refractivity contribution in [1.82, 2.24) is 19.6 Å². The van der Waals surface area contributed by atoms with Gasteiger partial charge in [-0.05, 0) is 76.3 Å². The van der Waals surface area contributed by atoms with Gasteiger partial charge in [-0.1, -0.05) is 6.07 Å². The Hall–Kier alpha value is -2.73. The Morgan fingerprint density at radius 1 is 1.21 bits per heavy atom. The SMILES string of the molecule is Cc1ccc2nc(-c3ccc(F)c(C)c3)c(CC(=O)NCCCN(C)C)n2c1. The maximum absolute atomic E-state index is 13.7. The van der Waals surface area contributed by atoms with Gasteiger partial charge in [0.25, 0.3) is 0 Å². The Morgan fingerprint density at radius 2 is 2.00 bits per heavy atom. The molecule has 1 amide bonds. The predicted molar refractivity (Wildman–Crippen MR) is 110 cm³/mol. The van der Waals surface area contributed by atoms with Crippen LogP contribution >= 0.6 is 0 Å². The van der Waals surface area contributed by atoms with Gasteiger partial charge in [-0.15, -0.1) is 0 Å². The summed E-state index contributed by atoms with van der Waals surface area (Å²) in [6.07, 6.45) is 3.10. The fraction of sp³-hybridized carbons (Fsp3) is 0.364. The minimum atomic E-state index is -0.247. The zero-order chi connectivity index (χ0) is 20.3. The summed E-state index contributed by atoms with van der Waals surface area (Å²) in [4.78, 5) is 19.4. The van der Waals surface area contributed by atoms with Crippen molar-refractivity contribution in [1.29, 1.82) is 0 Å². The van der Waals surface area contributed by atoms with E-state index in [1.54, 1.807) is 19.1 Å². The standard InChI is InChI=1S/C22H27FN4O/c1-15-6-9-20-25-22(17-7-8-18(23)16(2)12-17)19(27(20)14-15)13-21(28)24-10-5-11-26(3)4/h6-9,12,14H,5,10-11,13H2,1-4H3,(H,24,28). The monoisotopic (exact) mass is 382 g/mol. The Balaban J connectivity index is 1.91. The number of hydrogen-bond donors (Lipinski definition) is 1. The Kier molecular flexibility index (Phi) is 6.09. The molecule has 1 aromatic carbocycles. The van der Waals surface area contributed by atoms with E-state index in [2.05, 4.69) is 10.2 Å². The van der Waals surface area contributed by atoms with Gasteiger partial charge in [-0.3, -0.25) is 4.79 Å². The number of carbonyl (C=O) groups is 1. The van der Waals surface area contributed by atoms with Gasteiger partial charge in [0, 0.05) is 18.3 Å². The zero-order valence-corrected chi connectivity index (χ0v) is 16.9. The molecule has 28 heavy (non-hydrogen) atoms. The molecular weight excluding hydrogens is 355 g/mol. The lowest BCUT2D eigenvalue weighted by atomic mass is 10.1. The van der Waals surface area contributed by atoms with E-state index in [9.17, 15) is 9.18 Å². The van der Waals surface area contributed by atoms with E-state index in [4.69, 9.17) is 4.98 Å². The van der Waals surface area contributed by atoms with Gasteiger partial charge in [0.2, 0.25) is 5.91 Å². The van der Waals surface area contributed by atoms with Crippen LogP contribution in [0, 0.1) is 19.7 Å². The molecule has 0 aliphatic heterocycles. The summed E-state index contributed by atoms with van der Waals surface area (Å²) in [5.41, 5.74) is 4.77. The number of carbonyl (C=O) groups excluding carboxylic acids is 1. The van der Waals surface area contributed by atoms with Gasteiger partial charge < -0.3 is 14.6 Å². The van der Waals surface area contributed by atoms with E-state index in [-0.39, 0.29) is 18.1 Å². The zero-order valence-electron chi connectivity index (χ0n) is 16.9. The number of halogens is 1. The Labute approximate surface area is 165 Å². The van der Waals surface area contributed by atoms with Gasteiger partial charge in [0.1, 0.15) is 11.5 Å². The van der Waals surface area contributed by atoms with Crippen LogP contribution in [-0.2, 0) is 11.2 Å². The van der Waals surface area contributed by atoms with Crippen molar-refractivity contribution in [3.63, 3.8) is 0 Å². The van der Waals surface area contributed by atoms with Crippen molar-refractivity contribution in [2.45, 2.75) is 26.7 Å². The van der Waals surface area contributed by atoms with Crippen LogP contribution in [0.5, 0.6) is 0 Å². The smallest absolute Gasteiger partial charge is 0.226 e. The van der Waals surface area contributed by atoms with Crippen LogP contribution in [0.25, 0.3) is 16.9 Å². The van der Waals surface area contributed by atoms with E-state index < -0.39 is 0 Å². The molecule has 3 rings (SSSR count). The molecule has 1 N–H and O–H groups in total. The van der Waals surface area contributed by atoms with Crippen LogP contribution in [-0.4, -0.2) is 47.4 Å². The average molecular weight is 382 g/mol. The quantitative estimate of drug-likeness (QED) is 0.638. The van der Waals surface area contributed by atoms with Crippen molar-refractivity contribution in [3.05, 3.63) is 59.2 Å². The second-order valence-corrected chi connectivity index (χ2v) is 7.49. The number of aromatic nitrogens is 2. The third-order valence-electron chi connectivity index (χ3n) is 4.73. The number of fused-ring (bicyclic) bond motifs is 1. The first kappa shape index (κ1) is 20.0. The molecule has 148 valence electrons. The maximum atomic E-state index is 13.7. The molecule has 2 aromatic heterocycles. The highest BCUT2D eigenvalue weighted by molar-refractivity contribution is 5.81. The highest BCUT2D eigenvalue weighted by Gasteiger charge is 2.18. The number of benzene rings is 1. The van der Waals surface area contributed by atoms with Crippen molar-refractivity contribution in [2.24, 2.45) is 0 Å². The molecular formula is C22H27FN4O. The molecule has 0 bridgehead atoms. The summed E-state index contributed by atoms with van der Waals surface area (Å²) in [7, 11) is 4.03. The number of imidazole rings is 1. The lowest BCUT2D eigenvalue weighted by Crippen LogP contribution is -2.28. The molecule has 0 unspecified atom stereocenters. The molecule has 2 heterocycles. The topological polar surface area (TPSA) is 49.6 Å². The second kappa shape index (κ2) is 8.52. The summed E-state index contributed by atoms with van der Waals surface area (Å²) in [5.74, 6) is -0.286. The minimum Gasteiger partial charge on any atom is -0.356 e. The Morgan fingerprint density at radius 3 is 2.71 bits per heavy atom. The molecule has 0 saturated heterocycles. The molecule has 6 heteroatoms. The third-order valence-corrected chi connectivity index (χ3v) is 4.73. The van der Waals surface area contributed by atoms with Gasteiger partial charge in [0.15, 0.2) is 0 Å². The van der Waals surface area contributed by atoms with Crippen LogP contribution in [0.3, 0.4) is 0 Å². The highest BCUT2D eigenvalue weighted by atomic mass is 19.1. The largest absolute Gasteiger partial charge is 0.356 e. The number of nitrogens with one attached hydrogen (secondary N) is 1. The van der Waals surface area contributed by atoms with Crippen LogP contribution in [0.2, 0.25) is 0 Å². The normalized spacial score (nSPS) is 11.4. The average Bonchev–Trinajstić information content (AvgIpc) is 2.98. The predicted octanol–water partition coefficient (Wildman–Crippen LogP) is 3.37. The van der Waals surface area contributed by atoms with Crippen molar-refractivity contribution < 1.29 is 9.18 Å². The first-order valence-corrected chi connectivity index (χ1v) is 9.50. The number of pyridine rings is 1. The number of aryl methyl sites for hydroxylation is 2. The maximum Gasteiger partial charge on any atom is 0.226 e.